The van der Waals surface area contributed by atoms with Crippen LogP contribution >= 0.6 is 11.6 Å². The van der Waals surface area contributed by atoms with Gasteiger partial charge in [0.05, 0.1) is 31.2 Å². The van der Waals surface area contributed by atoms with Crippen molar-refractivity contribution >= 4 is 34.8 Å². The Morgan fingerprint density at radius 3 is 2.33 bits per heavy atom. The molecule has 0 atom stereocenters. The van der Waals surface area contributed by atoms with Crippen LogP contribution in [0.25, 0.3) is 0 Å². The van der Waals surface area contributed by atoms with Crippen LogP contribution in [-0.4, -0.2) is 30.1 Å². The normalized spacial score (nSPS) is 10.2. The number of benzene rings is 2. The van der Waals surface area contributed by atoms with Crippen molar-refractivity contribution in [3.8, 4) is 11.5 Å². The molecule has 3 aromatic rings. The molecular weight excluding hydrogens is 368 g/mol. The zero-order chi connectivity index (χ0) is 19.2. The Hall–Kier alpha value is -3.32. The van der Waals surface area contributed by atoms with Gasteiger partial charge < -0.3 is 20.1 Å². The van der Waals surface area contributed by atoms with Gasteiger partial charge >= 0.3 is 0 Å². The summed E-state index contributed by atoms with van der Waals surface area (Å²) in [6, 6.07) is 12.3. The van der Waals surface area contributed by atoms with Crippen LogP contribution in [0.3, 0.4) is 0 Å². The number of methoxy groups -OCH3 is 2. The molecule has 2 aromatic carbocycles. The zero-order valence-electron chi connectivity index (χ0n) is 14.7. The van der Waals surface area contributed by atoms with Crippen LogP contribution in [0.15, 0.2) is 54.9 Å². The number of hydrogen-bond donors (Lipinski definition) is 2. The number of carbonyl (C=O) groups excluding carboxylic acids is 1. The van der Waals surface area contributed by atoms with Gasteiger partial charge in [-0.2, -0.15) is 0 Å². The van der Waals surface area contributed by atoms with Gasteiger partial charge in [0.1, 0.15) is 11.5 Å². The zero-order valence-corrected chi connectivity index (χ0v) is 15.4. The predicted molar refractivity (Wildman–Crippen MR) is 104 cm³/mol. The third-order valence-corrected chi connectivity index (χ3v) is 3.91. The van der Waals surface area contributed by atoms with Crippen molar-refractivity contribution in [1.29, 1.82) is 0 Å². The molecule has 2 N–H and O–H groups in total. The van der Waals surface area contributed by atoms with E-state index < -0.39 is 0 Å². The summed E-state index contributed by atoms with van der Waals surface area (Å²) in [7, 11) is 3.10. The maximum atomic E-state index is 12.4. The number of hydrogen-bond acceptors (Lipinski definition) is 6. The lowest BCUT2D eigenvalue weighted by Crippen LogP contribution is -2.13. The molecule has 0 aliphatic heterocycles. The van der Waals surface area contributed by atoms with E-state index >= 15 is 0 Å². The Labute approximate surface area is 161 Å². The highest BCUT2D eigenvalue weighted by atomic mass is 35.5. The molecule has 138 valence electrons. The molecule has 0 radical (unpaired) electrons. The van der Waals surface area contributed by atoms with E-state index in [-0.39, 0.29) is 5.91 Å². The van der Waals surface area contributed by atoms with Gasteiger partial charge in [-0.25, -0.2) is 9.97 Å². The Balaban J connectivity index is 1.73. The van der Waals surface area contributed by atoms with Crippen molar-refractivity contribution in [2.45, 2.75) is 0 Å². The van der Waals surface area contributed by atoms with Crippen LogP contribution < -0.4 is 20.1 Å². The molecule has 0 aliphatic rings. The molecule has 0 unspecified atom stereocenters. The number of nitrogens with zero attached hydrogens (tertiary/aromatic N) is 2. The Morgan fingerprint density at radius 2 is 1.63 bits per heavy atom. The van der Waals surface area contributed by atoms with Gasteiger partial charge in [0.15, 0.2) is 0 Å². The van der Waals surface area contributed by atoms with Gasteiger partial charge in [0.2, 0.25) is 5.95 Å². The standard InChI is InChI=1S/C19H17ClN4O3/c1-26-16-6-4-3-5-14(16)23-18(25)12-10-21-19(22-11-12)24-15-9-13(20)7-8-17(15)27-2/h3-11H,1-2H3,(H,23,25)(H,21,22,24). The number of nitrogens with one attached hydrogen (secondary N) is 2. The maximum absolute atomic E-state index is 12.4. The van der Waals surface area contributed by atoms with Crippen LogP contribution in [0, 0.1) is 0 Å². The van der Waals surface area contributed by atoms with Crippen LogP contribution in [-0.2, 0) is 0 Å². The first-order chi connectivity index (χ1) is 13.1. The molecule has 3 rings (SSSR count). The first-order valence-electron chi connectivity index (χ1n) is 7.97. The van der Waals surface area contributed by atoms with E-state index in [1.54, 1.807) is 50.6 Å². The molecule has 0 fully saturated rings. The van der Waals surface area contributed by atoms with E-state index in [1.807, 2.05) is 6.07 Å². The number of ether oxygens (including phenoxy) is 2. The summed E-state index contributed by atoms with van der Waals surface area (Å²) in [4.78, 5) is 20.7. The molecule has 0 spiro atoms. The minimum atomic E-state index is -0.341. The fourth-order valence-corrected chi connectivity index (χ4v) is 2.52. The third-order valence-electron chi connectivity index (χ3n) is 3.68. The lowest BCUT2D eigenvalue weighted by molar-refractivity contribution is 0.102. The molecule has 1 heterocycles. The van der Waals surface area contributed by atoms with Crippen LogP contribution in [0.2, 0.25) is 5.02 Å². The van der Waals surface area contributed by atoms with Crippen molar-refractivity contribution in [1.82, 2.24) is 9.97 Å². The molecule has 0 saturated heterocycles. The van der Waals surface area contributed by atoms with Crippen molar-refractivity contribution in [3.63, 3.8) is 0 Å². The average Bonchev–Trinajstić information content (AvgIpc) is 2.69. The molecule has 1 aromatic heterocycles. The highest BCUT2D eigenvalue weighted by Crippen LogP contribution is 2.29. The SMILES string of the molecule is COc1ccccc1NC(=O)c1cnc(Nc2cc(Cl)ccc2OC)nc1. The second kappa shape index (κ2) is 8.37. The van der Waals surface area contributed by atoms with Gasteiger partial charge in [-0.15, -0.1) is 0 Å². The van der Waals surface area contributed by atoms with E-state index in [2.05, 4.69) is 20.6 Å². The fourth-order valence-electron chi connectivity index (χ4n) is 2.35. The number of carbonyl (C=O) groups is 1. The highest BCUT2D eigenvalue weighted by molar-refractivity contribution is 6.31. The van der Waals surface area contributed by atoms with Gasteiger partial charge in [-0.3, -0.25) is 4.79 Å². The second-order valence-electron chi connectivity index (χ2n) is 5.42. The first-order valence-corrected chi connectivity index (χ1v) is 8.35. The van der Waals surface area contributed by atoms with Crippen LogP contribution in [0.1, 0.15) is 10.4 Å². The lowest BCUT2D eigenvalue weighted by atomic mass is 10.2. The number of para-hydroxylation sites is 2. The van der Waals surface area contributed by atoms with Crippen molar-refractivity contribution < 1.29 is 14.3 Å². The Kier molecular flexibility index (Phi) is 5.73. The van der Waals surface area contributed by atoms with Gasteiger partial charge in [0.25, 0.3) is 5.91 Å². The maximum Gasteiger partial charge on any atom is 0.258 e. The van der Waals surface area contributed by atoms with Gasteiger partial charge in [0, 0.05) is 17.4 Å². The molecular formula is C19H17ClN4O3. The smallest absolute Gasteiger partial charge is 0.258 e. The van der Waals surface area contributed by atoms with E-state index in [4.69, 9.17) is 21.1 Å². The molecule has 1 amide bonds. The molecule has 7 nitrogen and oxygen atoms in total. The van der Waals surface area contributed by atoms with E-state index in [1.165, 1.54) is 12.4 Å². The molecule has 0 bridgehead atoms. The van der Waals surface area contributed by atoms with E-state index in [9.17, 15) is 4.79 Å². The molecule has 0 aliphatic carbocycles. The van der Waals surface area contributed by atoms with Crippen LogP contribution in [0.5, 0.6) is 11.5 Å². The predicted octanol–water partition coefficient (Wildman–Crippen LogP) is 4.14. The van der Waals surface area contributed by atoms with Gasteiger partial charge in [-0.05, 0) is 30.3 Å². The summed E-state index contributed by atoms with van der Waals surface area (Å²) in [5, 5.41) is 6.33. The number of aromatic nitrogens is 2. The highest BCUT2D eigenvalue weighted by Gasteiger charge is 2.11. The summed E-state index contributed by atoms with van der Waals surface area (Å²) >= 11 is 6.01. The van der Waals surface area contributed by atoms with Crippen molar-refractivity contribution in [2.24, 2.45) is 0 Å². The fraction of sp³-hybridized carbons (Fsp3) is 0.105. The van der Waals surface area contributed by atoms with Crippen molar-refractivity contribution in [2.75, 3.05) is 24.9 Å². The number of anilines is 3. The number of halogens is 1. The largest absolute Gasteiger partial charge is 0.495 e. The summed E-state index contributed by atoms with van der Waals surface area (Å²) in [5.41, 5.74) is 1.50. The first kappa shape index (κ1) is 18.5. The Morgan fingerprint density at radius 1 is 0.963 bits per heavy atom. The van der Waals surface area contributed by atoms with Crippen LogP contribution in [0.4, 0.5) is 17.3 Å². The topological polar surface area (TPSA) is 85.4 Å². The lowest BCUT2D eigenvalue weighted by Gasteiger charge is -2.11. The third kappa shape index (κ3) is 4.45. The average molecular weight is 385 g/mol. The number of amides is 1. The van der Waals surface area contributed by atoms with Gasteiger partial charge in [-0.1, -0.05) is 23.7 Å². The number of rotatable bonds is 6. The summed E-state index contributed by atoms with van der Waals surface area (Å²) in [6.45, 7) is 0. The summed E-state index contributed by atoms with van der Waals surface area (Å²) in [5.74, 6) is 1.13. The second-order valence-corrected chi connectivity index (χ2v) is 5.86. The molecule has 27 heavy (non-hydrogen) atoms. The summed E-state index contributed by atoms with van der Waals surface area (Å²) in [6.07, 6.45) is 2.86. The minimum Gasteiger partial charge on any atom is -0.495 e. The van der Waals surface area contributed by atoms with E-state index in [0.717, 1.165) is 0 Å². The van der Waals surface area contributed by atoms with Crippen molar-refractivity contribution in [3.05, 3.63) is 65.4 Å². The molecule has 0 saturated carbocycles. The Bertz CT molecular complexity index is 948. The summed E-state index contributed by atoms with van der Waals surface area (Å²) < 4.78 is 10.5. The molecule has 8 heteroatoms. The monoisotopic (exact) mass is 384 g/mol. The minimum absolute atomic E-state index is 0.310. The van der Waals surface area contributed by atoms with E-state index in [0.29, 0.717) is 39.4 Å². The quantitative estimate of drug-likeness (QED) is 0.664.